The van der Waals surface area contributed by atoms with Crippen LogP contribution >= 0.6 is 23.8 Å². The maximum Gasteiger partial charge on any atom is 0.129 e. The van der Waals surface area contributed by atoms with Crippen LogP contribution in [0.4, 0.5) is 0 Å². The van der Waals surface area contributed by atoms with Crippen molar-refractivity contribution in [3.05, 3.63) is 58.1 Å². The lowest BCUT2D eigenvalue weighted by Crippen LogP contribution is -2.17. The molecule has 0 amide bonds. The molecule has 5 heteroatoms. The molecule has 0 spiro atoms. The second-order valence-corrected chi connectivity index (χ2v) is 7.83. The average molecular weight is 378 g/mol. The first-order valence-corrected chi connectivity index (χ1v) is 8.93. The van der Waals surface area contributed by atoms with Crippen LogP contribution in [0.15, 0.2) is 36.4 Å². The molecule has 0 aliphatic carbocycles. The van der Waals surface area contributed by atoms with E-state index in [1.54, 1.807) is 18.2 Å². The summed E-state index contributed by atoms with van der Waals surface area (Å²) in [5.74, 6) is 1.49. The van der Waals surface area contributed by atoms with E-state index in [0.717, 1.165) is 5.75 Å². The van der Waals surface area contributed by atoms with Crippen LogP contribution in [0.2, 0.25) is 5.02 Å². The van der Waals surface area contributed by atoms with Crippen molar-refractivity contribution in [2.45, 2.75) is 33.1 Å². The van der Waals surface area contributed by atoms with Crippen LogP contribution in [0.3, 0.4) is 0 Å². The summed E-state index contributed by atoms with van der Waals surface area (Å²) < 4.78 is 11.7. The first-order chi connectivity index (χ1) is 11.7. The summed E-state index contributed by atoms with van der Waals surface area (Å²) in [7, 11) is 0. The molecule has 0 unspecified atom stereocenters. The Bertz CT molecular complexity index is 769. The van der Waals surface area contributed by atoms with E-state index in [1.807, 2.05) is 6.07 Å². The number of rotatable bonds is 6. The zero-order valence-corrected chi connectivity index (χ0v) is 16.6. The maximum absolute atomic E-state index is 5.98. The molecule has 2 rings (SSSR count). The van der Waals surface area contributed by atoms with Crippen molar-refractivity contribution in [1.29, 1.82) is 0 Å². The van der Waals surface area contributed by atoms with Gasteiger partial charge in [0.25, 0.3) is 0 Å². The first kappa shape index (κ1) is 19.5. The van der Waals surface area contributed by atoms with Crippen LogP contribution < -0.4 is 15.2 Å². The average Bonchev–Trinajstić information content (AvgIpc) is 2.52. The van der Waals surface area contributed by atoms with Gasteiger partial charge >= 0.3 is 0 Å². The Kier molecular flexibility index (Phi) is 6.31. The normalized spacial score (nSPS) is 11.2. The smallest absolute Gasteiger partial charge is 0.129 e. The third kappa shape index (κ3) is 5.35. The fourth-order valence-corrected chi connectivity index (χ4v) is 2.81. The van der Waals surface area contributed by atoms with Crippen LogP contribution in [-0.4, -0.2) is 18.2 Å². The number of halogens is 1. The highest BCUT2D eigenvalue weighted by Gasteiger charge is 2.19. The number of hydrogen-bond donors (Lipinski definition) is 1. The van der Waals surface area contributed by atoms with E-state index >= 15 is 0 Å². The molecule has 2 N–H and O–H groups in total. The molecule has 0 aliphatic rings. The SMILES string of the molecule is Cc1ccc(OCCOc2ccc(Cl)cc2C(N)=S)c(C(C)(C)C)c1. The van der Waals surface area contributed by atoms with E-state index in [4.69, 9.17) is 39.0 Å². The van der Waals surface area contributed by atoms with Gasteiger partial charge in [-0.2, -0.15) is 0 Å². The highest BCUT2D eigenvalue weighted by Crippen LogP contribution is 2.32. The van der Waals surface area contributed by atoms with Crippen LogP contribution in [-0.2, 0) is 5.41 Å². The van der Waals surface area contributed by atoms with Gasteiger partial charge in [-0.15, -0.1) is 0 Å². The van der Waals surface area contributed by atoms with Gasteiger partial charge in [-0.05, 0) is 42.2 Å². The number of hydrogen-bond acceptors (Lipinski definition) is 3. The summed E-state index contributed by atoms with van der Waals surface area (Å²) >= 11 is 11.0. The Morgan fingerprint density at radius 1 is 1.04 bits per heavy atom. The van der Waals surface area contributed by atoms with E-state index in [0.29, 0.717) is 29.5 Å². The van der Waals surface area contributed by atoms with Crippen LogP contribution in [0.25, 0.3) is 0 Å². The minimum Gasteiger partial charge on any atom is -0.490 e. The Morgan fingerprint density at radius 3 is 2.24 bits per heavy atom. The standard InChI is InChI=1S/C20H24ClNO2S/c1-13-5-7-18(16(11-13)20(2,3)4)24-10-9-23-17-8-6-14(21)12-15(17)19(22)25/h5-8,11-12H,9-10H2,1-4H3,(H2,22,25). The van der Waals surface area contributed by atoms with Crippen molar-refractivity contribution < 1.29 is 9.47 Å². The van der Waals surface area contributed by atoms with Gasteiger partial charge in [0.15, 0.2) is 0 Å². The van der Waals surface area contributed by atoms with E-state index in [9.17, 15) is 0 Å². The predicted molar refractivity (Wildman–Crippen MR) is 108 cm³/mol. The molecular formula is C20H24ClNO2S. The third-order valence-corrected chi connectivity index (χ3v) is 4.20. The van der Waals surface area contributed by atoms with E-state index in [1.165, 1.54) is 11.1 Å². The summed E-state index contributed by atoms with van der Waals surface area (Å²) in [6, 6.07) is 11.5. The van der Waals surface area contributed by atoms with Crippen molar-refractivity contribution in [3.63, 3.8) is 0 Å². The molecule has 0 bridgehead atoms. The van der Waals surface area contributed by atoms with E-state index in [2.05, 4.69) is 39.8 Å². The van der Waals surface area contributed by atoms with Gasteiger partial charge in [-0.1, -0.05) is 62.3 Å². The number of benzene rings is 2. The molecule has 2 aromatic rings. The van der Waals surface area contributed by atoms with Crippen molar-refractivity contribution in [2.75, 3.05) is 13.2 Å². The summed E-state index contributed by atoms with van der Waals surface area (Å²) in [5.41, 5.74) is 8.77. The second-order valence-electron chi connectivity index (χ2n) is 6.95. The highest BCUT2D eigenvalue weighted by atomic mass is 35.5. The molecule has 0 atom stereocenters. The highest BCUT2D eigenvalue weighted by molar-refractivity contribution is 7.80. The molecule has 0 heterocycles. The molecule has 2 aromatic carbocycles. The molecule has 25 heavy (non-hydrogen) atoms. The van der Waals surface area contributed by atoms with Crippen molar-refractivity contribution in [3.8, 4) is 11.5 Å². The van der Waals surface area contributed by atoms with Crippen LogP contribution in [0, 0.1) is 6.92 Å². The Labute approximate surface area is 160 Å². The topological polar surface area (TPSA) is 44.5 Å². The second kappa shape index (κ2) is 8.07. The van der Waals surface area contributed by atoms with Gasteiger partial charge in [0, 0.05) is 5.02 Å². The number of ether oxygens (including phenoxy) is 2. The first-order valence-electron chi connectivity index (χ1n) is 8.14. The van der Waals surface area contributed by atoms with Crippen molar-refractivity contribution in [1.82, 2.24) is 0 Å². The molecule has 0 saturated heterocycles. The molecule has 0 aromatic heterocycles. The summed E-state index contributed by atoms with van der Waals surface area (Å²) in [6.07, 6.45) is 0. The van der Waals surface area contributed by atoms with Gasteiger partial charge in [0.2, 0.25) is 0 Å². The molecule has 0 saturated carbocycles. The lowest BCUT2D eigenvalue weighted by Gasteiger charge is -2.23. The number of thiocarbonyl (C=S) groups is 1. The van der Waals surface area contributed by atoms with E-state index in [-0.39, 0.29) is 10.4 Å². The maximum atomic E-state index is 5.98. The van der Waals surface area contributed by atoms with E-state index < -0.39 is 0 Å². The zero-order valence-electron chi connectivity index (χ0n) is 15.1. The zero-order chi connectivity index (χ0) is 18.6. The Balaban J connectivity index is 2.02. The largest absolute Gasteiger partial charge is 0.490 e. The summed E-state index contributed by atoms with van der Waals surface area (Å²) in [6.45, 7) is 9.41. The van der Waals surface area contributed by atoms with Gasteiger partial charge in [-0.3, -0.25) is 0 Å². The van der Waals surface area contributed by atoms with Gasteiger partial charge < -0.3 is 15.2 Å². The molecule has 134 valence electrons. The monoisotopic (exact) mass is 377 g/mol. The van der Waals surface area contributed by atoms with Crippen molar-refractivity contribution in [2.24, 2.45) is 5.73 Å². The third-order valence-electron chi connectivity index (χ3n) is 3.75. The molecule has 0 aliphatic heterocycles. The number of aryl methyl sites for hydroxylation is 1. The minimum atomic E-state index is 0.0112. The summed E-state index contributed by atoms with van der Waals surface area (Å²) in [5, 5.41) is 0.570. The molecular weight excluding hydrogens is 354 g/mol. The fourth-order valence-electron chi connectivity index (χ4n) is 2.48. The minimum absolute atomic E-state index is 0.0112. The number of nitrogens with two attached hydrogens (primary N) is 1. The van der Waals surface area contributed by atoms with Gasteiger partial charge in [-0.25, -0.2) is 0 Å². The molecule has 0 fully saturated rings. The van der Waals surface area contributed by atoms with Crippen molar-refractivity contribution >= 4 is 28.8 Å². The van der Waals surface area contributed by atoms with Crippen LogP contribution in [0.1, 0.15) is 37.5 Å². The lowest BCUT2D eigenvalue weighted by molar-refractivity contribution is 0.214. The quantitative estimate of drug-likeness (QED) is 0.566. The van der Waals surface area contributed by atoms with Gasteiger partial charge in [0.1, 0.15) is 29.7 Å². The Hall–Kier alpha value is -1.78. The Morgan fingerprint density at radius 2 is 1.64 bits per heavy atom. The fraction of sp³-hybridized carbons (Fsp3) is 0.350. The summed E-state index contributed by atoms with van der Waals surface area (Å²) in [4.78, 5) is 0.256. The lowest BCUT2D eigenvalue weighted by atomic mass is 9.85. The van der Waals surface area contributed by atoms with Crippen LogP contribution in [0.5, 0.6) is 11.5 Å². The van der Waals surface area contributed by atoms with Gasteiger partial charge in [0.05, 0.1) is 5.56 Å². The predicted octanol–water partition coefficient (Wildman–Crippen LogP) is 5.04. The molecule has 0 radical (unpaired) electrons. The molecule has 3 nitrogen and oxygen atoms in total.